The Labute approximate surface area is 114 Å². The van der Waals surface area contributed by atoms with Crippen LogP contribution in [0.15, 0.2) is 41.3 Å². The molecule has 1 amide bonds. The molecule has 1 aromatic carbocycles. The second-order valence-corrected chi connectivity index (χ2v) is 4.23. The summed E-state index contributed by atoms with van der Waals surface area (Å²) in [6.45, 7) is 1.75. The third-order valence-electron chi connectivity index (χ3n) is 2.77. The van der Waals surface area contributed by atoms with Crippen LogP contribution in [-0.2, 0) is 0 Å². The highest BCUT2D eigenvalue weighted by molar-refractivity contribution is 6.05. The van der Waals surface area contributed by atoms with Gasteiger partial charge in [0.2, 0.25) is 5.56 Å². The smallest absolute Gasteiger partial charge is 0.335 e. The van der Waals surface area contributed by atoms with E-state index in [1.807, 2.05) is 0 Å². The van der Waals surface area contributed by atoms with E-state index in [0.29, 0.717) is 5.69 Å². The fourth-order valence-corrected chi connectivity index (χ4v) is 1.67. The van der Waals surface area contributed by atoms with Crippen molar-refractivity contribution in [3.8, 4) is 0 Å². The molecule has 0 aliphatic heterocycles. The molecule has 6 heteroatoms. The van der Waals surface area contributed by atoms with E-state index in [9.17, 15) is 14.4 Å². The molecule has 2 aromatic rings. The third-order valence-corrected chi connectivity index (χ3v) is 2.77. The maximum atomic E-state index is 12.0. The van der Waals surface area contributed by atoms with Gasteiger partial charge in [0.1, 0.15) is 0 Å². The van der Waals surface area contributed by atoms with E-state index in [1.54, 1.807) is 13.0 Å². The quantitative estimate of drug-likeness (QED) is 0.790. The Morgan fingerprint density at radius 1 is 1.15 bits per heavy atom. The number of hydrogen-bond donors (Lipinski definition) is 3. The van der Waals surface area contributed by atoms with Crippen molar-refractivity contribution in [1.29, 1.82) is 0 Å². The van der Waals surface area contributed by atoms with E-state index in [2.05, 4.69) is 10.3 Å². The minimum absolute atomic E-state index is 0.0804. The standard InChI is InChI=1S/C14H12N2O4/c1-8-2-3-10(14(19)20)6-11(8)16-13(18)9-4-5-15-12(17)7-9/h2-7H,1H3,(H,15,17)(H,16,18)(H,19,20). The molecule has 0 fully saturated rings. The zero-order valence-electron chi connectivity index (χ0n) is 10.6. The van der Waals surface area contributed by atoms with Crippen molar-refractivity contribution in [2.24, 2.45) is 0 Å². The Bertz CT molecular complexity index is 734. The van der Waals surface area contributed by atoms with Crippen LogP contribution in [0.4, 0.5) is 5.69 Å². The van der Waals surface area contributed by atoms with Crippen LogP contribution in [0.25, 0.3) is 0 Å². The number of benzene rings is 1. The van der Waals surface area contributed by atoms with E-state index < -0.39 is 11.9 Å². The highest BCUT2D eigenvalue weighted by atomic mass is 16.4. The van der Waals surface area contributed by atoms with Gasteiger partial charge >= 0.3 is 5.97 Å². The number of hydrogen-bond acceptors (Lipinski definition) is 3. The lowest BCUT2D eigenvalue weighted by Crippen LogP contribution is -2.16. The molecule has 1 aromatic heterocycles. The van der Waals surface area contributed by atoms with Gasteiger partial charge in [0.05, 0.1) is 5.56 Å². The van der Waals surface area contributed by atoms with Crippen LogP contribution in [0.2, 0.25) is 0 Å². The molecule has 0 atom stereocenters. The minimum atomic E-state index is -1.07. The molecule has 0 saturated heterocycles. The fourth-order valence-electron chi connectivity index (χ4n) is 1.67. The average molecular weight is 272 g/mol. The lowest BCUT2D eigenvalue weighted by atomic mass is 10.1. The average Bonchev–Trinajstić information content (AvgIpc) is 2.41. The number of carboxylic acid groups (broad SMARTS) is 1. The topological polar surface area (TPSA) is 99.3 Å². The first kappa shape index (κ1) is 13.5. The van der Waals surface area contributed by atoms with Gasteiger partial charge in [-0.2, -0.15) is 0 Å². The molecule has 2 rings (SSSR count). The molecule has 20 heavy (non-hydrogen) atoms. The monoisotopic (exact) mass is 272 g/mol. The number of H-pyrrole nitrogens is 1. The predicted octanol–water partition coefficient (Wildman–Crippen LogP) is 1.63. The van der Waals surface area contributed by atoms with Gasteiger partial charge < -0.3 is 15.4 Å². The zero-order chi connectivity index (χ0) is 14.7. The van der Waals surface area contributed by atoms with Crippen LogP contribution in [-0.4, -0.2) is 22.0 Å². The lowest BCUT2D eigenvalue weighted by molar-refractivity contribution is 0.0696. The van der Waals surface area contributed by atoms with Gasteiger partial charge in [-0.15, -0.1) is 0 Å². The molecule has 0 aliphatic carbocycles. The van der Waals surface area contributed by atoms with Crippen molar-refractivity contribution in [2.75, 3.05) is 5.32 Å². The van der Waals surface area contributed by atoms with E-state index >= 15 is 0 Å². The van der Waals surface area contributed by atoms with Gasteiger partial charge in [0.25, 0.3) is 5.91 Å². The summed E-state index contributed by atoms with van der Waals surface area (Å²) in [6, 6.07) is 7.08. The molecule has 0 saturated carbocycles. The molecule has 1 heterocycles. The number of carbonyl (C=O) groups is 2. The molecule has 0 spiro atoms. The summed E-state index contributed by atoms with van der Waals surface area (Å²) in [5.74, 6) is -1.54. The highest BCUT2D eigenvalue weighted by Gasteiger charge is 2.10. The van der Waals surface area contributed by atoms with Gasteiger partial charge in [-0.1, -0.05) is 6.07 Å². The molecular weight excluding hydrogens is 260 g/mol. The summed E-state index contributed by atoms with van der Waals surface area (Å²) < 4.78 is 0. The van der Waals surface area contributed by atoms with Crippen LogP contribution in [0, 0.1) is 6.92 Å². The summed E-state index contributed by atoms with van der Waals surface area (Å²) in [4.78, 5) is 36.5. The van der Waals surface area contributed by atoms with Gasteiger partial charge in [0.15, 0.2) is 0 Å². The van der Waals surface area contributed by atoms with Gasteiger partial charge in [-0.3, -0.25) is 9.59 Å². The first-order valence-electron chi connectivity index (χ1n) is 5.81. The van der Waals surface area contributed by atoms with Crippen molar-refractivity contribution in [3.05, 3.63) is 63.6 Å². The SMILES string of the molecule is Cc1ccc(C(=O)O)cc1NC(=O)c1cc[nH]c(=O)c1. The van der Waals surface area contributed by atoms with Crippen molar-refractivity contribution >= 4 is 17.6 Å². The van der Waals surface area contributed by atoms with Crippen molar-refractivity contribution < 1.29 is 14.7 Å². The Hall–Kier alpha value is -2.89. The largest absolute Gasteiger partial charge is 0.478 e. The summed E-state index contributed by atoms with van der Waals surface area (Å²) in [6.07, 6.45) is 1.37. The normalized spacial score (nSPS) is 10.1. The molecule has 0 unspecified atom stereocenters. The van der Waals surface area contributed by atoms with Gasteiger partial charge in [-0.05, 0) is 30.7 Å². The molecule has 0 aliphatic rings. The van der Waals surface area contributed by atoms with E-state index in [4.69, 9.17) is 5.11 Å². The molecule has 6 nitrogen and oxygen atoms in total. The summed E-state index contributed by atoms with van der Waals surface area (Å²) in [5.41, 5.74) is 1.03. The number of aromatic carboxylic acids is 1. The first-order chi connectivity index (χ1) is 9.47. The number of aromatic amines is 1. The van der Waals surface area contributed by atoms with Crippen LogP contribution in [0.3, 0.4) is 0 Å². The Morgan fingerprint density at radius 2 is 1.90 bits per heavy atom. The van der Waals surface area contributed by atoms with Crippen LogP contribution < -0.4 is 10.9 Å². The van der Waals surface area contributed by atoms with Crippen molar-refractivity contribution in [3.63, 3.8) is 0 Å². The number of anilines is 1. The van der Waals surface area contributed by atoms with Crippen LogP contribution in [0.5, 0.6) is 0 Å². The Balaban J connectivity index is 2.30. The highest BCUT2D eigenvalue weighted by Crippen LogP contribution is 2.17. The fraction of sp³-hybridized carbons (Fsp3) is 0.0714. The molecule has 3 N–H and O–H groups in total. The Morgan fingerprint density at radius 3 is 2.55 bits per heavy atom. The Kier molecular flexibility index (Phi) is 3.65. The minimum Gasteiger partial charge on any atom is -0.478 e. The number of carbonyl (C=O) groups excluding carboxylic acids is 1. The van der Waals surface area contributed by atoms with E-state index in [1.165, 1.54) is 30.5 Å². The molecular formula is C14H12N2O4. The second-order valence-electron chi connectivity index (χ2n) is 4.23. The summed E-state index contributed by atoms with van der Waals surface area (Å²) in [5, 5.41) is 11.5. The van der Waals surface area contributed by atoms with Crippen molar-refractivity contribution in [2.45, 2.75) is 6.92 Å². The van der Waals surface area contributed by atoms with E-state index in [0.717, 1.165) is 5.56 Å². The molecule has 0 radical (unpaired) electrons. The molecule has 0 bridgehead atoms. The third kappa shape index (κ3) is 2.92. The van der Waals surface area contributed by atoms with Crippen LogP contribution >= 0.6 is 0 Å². The summed E-state index contributed by atoms with van der Waals surface area (Å²) in [7, 11) is 0. The second kappa shape index (κ2) is 5.40. The number of amides is 1. The summed E-state index contributed by atoms with van der Waals surface area (Å²) >= 11 is 0. The molecule has 102 valence electrons. The van der Waals surface area contributed by atoms with Gasteiger partial charge in [0, 0.05) is 23.5 Å². The van der Waals surface area contributed by atoms with E-state index in [-0.39, 0.29) is 16.7 Å². The number of nitrogens with one attached hydrogen (secondary N) is 2. The zero-order valence-corrected chi connectivity index (χ0v) is 10.6. The number of aryl methyl sites for hydroxylation is 1. The van der Waals surface area contributed by atoms with Crippen molar-refractivity contribution in [1.82, 2.24) is 4.98 Å². The number of carboxylic acids is 1. The predicted molar refractivity (Wildman–Crippen MR) is 73.2 cm³/mol. The lowest BCUT2D eigenvalue weighted by Gasteiger charge is -2.09. The number of rotatable bonds is 3. The maximum Gasteiger partial charge on any atom is 0.335 e. The number of pyridine rings is 1. The van der Waals surface area contributed by atoms with Gasteiger partial charge in [-0.25, -0.2) is 4.79 Å². The number of aromatic nitrogens is 1. The first-order valence-corrected chi connectivity index (χ1v) is 5.81. The maximum absolute atomic E-state index is 12.0. The van der Waals surface area contributed by atoms with Crippen LogP contribution in [0.1, 0.15) is 26.3 Å².